The van der Waals surface area contributed by atoms with Crippen molar-refractivity contribution in [1.82, 2.24) is 0 Å². The molecular weight excluding hydrogens is 280 g/mol. The Morgan fingerprint density at radius 1 is 1.00 bits per heavy atom. The zero-order valence-electron chi connectivity index (χ0n) is 13.0. The summed E-state index contributed by atoms with van der Waals surface area (Å²) in [6.45, 7) is 2.15. The predicted octanol–water partition coefficient (Wildman–Crippen LogP) is 3.06. The molecule has 1 amide bonds. The second-order valence-electron chi connectivity index (χ2n) is 4.84. The Balaban J connectivity index is 1.93. The van der Waals surface area contributed by atoms with Crippen LogP contribution in [0.3, 0.4) is 0 Å². The van der Waals surface area contributed by atoms with Gasteiger partial charge < -0.3 is 20.1 Å². The minimum absolute atomic E-state index is 0.111. The van der Waals surface area contributed by atoms with Crippen LogP contribution in [0, 0.1) is 6.92 Å². The van der Waals surface area contributed by atoms with Gasteiger partial charge in [0.15, 0.2) is 11.5 Å². The zero-order chi connectivity index (χ0) is 15.9. The Morgan fingerprint density at radius 3 is 2.45 bits per heavy atom. The molecule has 0 aliphatic carbocycles. The van der Waals surface area contributed by atoms with Gasteiger partial charge in [-0.25, -0.2) is 0 Å². The SMILES string of the molecule is COc1ccc(NCC(=O)Nc2cccc(C)c2)cc1OC. The Labute approximate surface area is 130 Å². The summed E-state index contributed by atoms with van der Waals surface area (Å²) in [6, 6.07) is 13.1. The number of amides is 1. The van der Waals surface area contributed by atoms with Gasteiger partial charge in [-0.05, 0) is 36.8 Å². The molecular formula is C17H20N2O3. The highest BCUT2D eigenvalue weighted by atomic mass is 16.5. The largest absolute Gasteiger partial charge is 0.493 e. The number of methoxy groups -OCH3 is 2. The lowest BCUT2D eigenvalue weighted by Crippen LogP contribution is -2.21. The van der Waals surface area contributed by atoms with Crippen molar-refractivity contribution in [3.63, 3.8) is 0 Å². The molecule has 2 aromatic rings. The molecule has 0 heterocycles. The van der Waals surface area contributed by atoms with Crippen molar-refractivity contribution in [3.8, 4) is 11.5 Å². The molecule has 0 aromatic heterocycles. The summed E-state index contributed by atoms with van der Waals surface area (Å²) < 4.78 is 10.4. The van der Waals surface area contributed by atoms with Crippen LogP contribution in [-0.4, -0.2) is 26.7 Å². The highest BCUT2D eigenvalue weighted by molar-refractivity contribution is 5.93. The van der Waals surface area contributed by atoms with Gasteiger partial charge in [-0.1, -0.05) is 12.1 Å². The van der Waals surface area contributed by atoms with Gasteiger partial charge in [-0.2, -0.15) is 0 Å². The first-order chi connectivity index (χ1) is 10.6. The van der Waals surface area contributed by atoms with Gasteiger partial charge in [0.1, 0.15) is 0 Å². The predicted molar refractivity (Wildman–Crippen MR) is 87.8 cm³/mol. The highest BCUT2D eigenvalue weighted by Crippen LogP contribution is 2.29. The molecule has 2 N–H and O–H groups in total. The molecule has 2 aromatic carbocycles. The summed E-state index contributed by atoms with van der Waals surface area (Å²) in [4.78, 5) is 11.9. The van der Waals surface area contributed by atoms with Crippen molar-refractivity contribution >= 4 is 17.3 Å². The average molecular weight is 300 g/mol. The van der Waals surface area contributed by atoms with E-state index in [1.807, 2.05) is 37.3 Å². The van der Waals surface area contributed by atoms with Crippen LogP contribution in [0.5, 0.6) is 11.5 Å². The van der Waals surface area contributed by atoms with Crippen LogP contribution >= 0.6 is 0 Å². The van der Waals surface area contributed by atoms with Gasteiger partial charge in [0, 0.05) is 17.4 Å². The topological polar surface area (TPSA) is 59.6 Å². The van der Waals surface area contributed by atoms with Crippen molar-refractivity contribution in [2.24, 2.45) is 0 Å². The van der Waals surface area contributed by atoms with Crippen molar-refractivity contribution in [3.05, 3.63) is 48.0 Å². The molecule has 0 atom stereocenters. The van der Waals surface area contributed by atoms with E-state index < -0.39 is 0 Å². The Bertz CT molecular complexity index is 656. The number of carbonyl (C=O) groups excluding carboxylic acids is 1. The fourth-order valence-electron chi connectivity index (χ4n) is 2.06. The first kappa shape index (κ1) is 15.7. The summed E-state index contributed by atoms with van der Waals surface area (Å²) in [5, 5.41) is 5.90. The molecule has 0 fully saturated rings. The maximum absolute atomic E-state index is 11.9. The molecule has 5 nitrogen and oxygen atoms in total. The number of hydrogen-bond acceptors (Lipinski definition) is 4. The molecule has 22 heavy (non-hydrogen) atoms. The number of ether oxygens (including phenoxy) is 2. The van der Waals surface area contributed by atoms with E-state index in [1.165, 1.54) is 0 Å². The number of rotatable bonds is 6. The standard InChI is InChI=1S/C17H20N2O3/c1-12-5-4-6-14(9-12)19-17(20)11-18-13-7-8-15(21-2)16(10-13)22-3/h4-10,18H,11H2,1-3H3,(H,19,20). The number of hydrogen-bond donors (Lipinski definition) is 2. The van der Waals surface area contributed by atoms with E-state index in [9.17, 15) is 4.79 Å². The molecule has 2 rings (SSSR count). The molecule has 0 unspecified atom stereocenters. The fraction of sp³-hybridized carbons (Fsp3) is 0.235. The maximum atomic E-state index is 11.9. The maximum Gasteiger partial charge on any atom is 0.243 e. The van der Waals surface area contributed by atoms with Crippen molar-refractivity contribution in [2.75, 3.05) is 31.4 Å². The summed E-state index contributed by atoms with van der Waals surface area (Å²) in [5.41, 5.74) is 2.68. The van der Waals surface area contributed by atoms with Gasteiger partial charge in [0.05, 0.1) is 20.8 Å². The van der Waals surface area contributed by atoms with Crippen LogP contribution in [0.2, 0.25) is 0 Å². The van der Waals surface area contributed by atoms with Crippen LogP contribution in [0.4, 0.5) is 11.4 Å². The smallest absolute Gasteiger partial charge is 0.243 e. The van der Waals surface area contributed by atoms with Crippen molar-refractivity contribution in [1.29, 1.82) is 0 Å². The van der Waals surface area contributed by atoms with Crippen molar-refractivity contribution < 1.29 is 14.3 Å². The van der Waals surface area contributed by atoms with Crippen molar-refractivity contribution in [2.45, 2.75) is 6.92 Å². The number of nitrogens with one attached hydrogen (secondary N) is 2. The third-order valence-corrected chi connectivity index (χ3v) is 3.14. The minimum Gasteiger partial charge on any atom is -0.493 e. The van der Waals surface area contributed by atoms with E-state index in [4.69, 9.17) is 9.47 Å². The second-order valence-corrected chi connectivity index (χ2v) is 4.84. The quantitative estimate of drug-likeness (QED) is 0.861. The monoisotopic (exact) mass is 300 g/mol. The molecule has 0 radical (unpaired) electrons. The lowest BCUT2D eigenvalue weighted by molar-refractivity contribution is -0.114. The minimum atomic E-state index is -0.111. The van der Waals surface area contributed by atoms with Gasteiger partial charge in [0.25, 0.3) is 0 Å². The van der Waals surface area contributed by atoms with Crippen LogP contribution in [0.25, 0.3) is 0 Å². The molecule has 0 saturated heterocycles. The van der Waals surface area contributed by atoms with E-state index in [-0.39, 0.29) is 12.5 Å². The molecule has 5 heteroatoms. The zero-order valence-corrected chi connectivity index (χ0v) is 13.0. The van der Waals surface area contributed by atoms with Crippen LogP contribution in [0.15, 0.2) is 42.5 Å². The van der Waals surface area contributed by atoms with E-state index in [2.05, 4.69) is 10.6 Å². The lowest BCUT2D eigenvalue weighted by atomic mass is 10.2. The Morgan fingerprint density at radius 2 is 1.77 bits per heavy atom. The number of anilines is 2. The third kappa shape index (κ3) is 4.15. The van der Waals surface area contributed by atoms with Gasteiger partial charge in [-0.3, -0.25) is 4.79 Å². The van der Waals surface area contributed by atoms with Gasteiger partial charge in [0.2, 0.25) is 5.91 Å². The van der Waals surface area contributed by atoms with Gasteiger partial charge >= 0.3 is 0 Å². The van der Waals surface area contributed by atoms with E-state index in [0.717, 1.165) is 16.9 Å². The fourth-order valence-corrected chi connectivity index (χ4v) is 2.06. The van der Waals surface area contributed by atoms with E-state index in [0.29, 0.717) is 11.5 Å². The molecule has 116 valence electrons. The number of benzene rings is 2. The van der Waals surface area contributed by atoms with Crippen LogP contribution < -0.4 is 20.1 Å². The second kappa shape index (κ2) is 7.36. The number of carbonyl (C=O) groups is 1. The molecule has 0 bridgehead atoms. The lowest BCUT2D eigenvalue weighted by Gasteiger charge is -2.11. The molecule has 0 aliphatic heterocycles. The first-order valence-electron chi connectivity index (χ1n) is 6.95. The summed E-state index contributed by atoms with van der Waals surface area (Å²) in [6.07, 6.45) is 0. The van der Waals surface area contributed by atoms with Crippen LogP contribution in [0.1, 0.15) is 5.56 Å². The Hall–Kier alpha value is -2.69. The summed E-state index contributed by atoms with van der Waals surface area (Å²) in [5.74, 6) is 1.16. The summed E-state index contributed by atoms with van der Waals surface area (Å²) in [7, 11) is 3.16. The molecule has 0 saturated carbocycles. The number of aryl methyl sites for hydroxylation is 1. The van der Waals surface area contributed by atoms with Gasteiger partial charge in [-0.15, -0.1) is 0 Å². The highest BCUT2D eigenvalue weighted by Gasteiger charge is 2.06. The summed E-state index contributed by atoms with van der Waals surface area (Å²) >= 11 is 0. The molecule has 0 spiro atoms. The molecule has 0 aliphatic rings. The van der Waals surface area contributed by atoms with Crippen LogP contribution in [-0.2, 0) is 4.79 Å². The average Bonchev–Trinajstić information content (AvgIpc) is 2.52. The Kier molecular flexibility index (Phi) is 5.25. The first-order valence-corrected chi connectivity index (χ1v) is 6.95. The van der Waals surface area contributed by atoms with E-state index >= 15 is 0 Å². The third-order valence-electron chi connectivity index (χ3n) is 3.14. The normalized spacial score (nSPS) is 9.95. The van der Waals surface area contributed by atoms with E-state index in [1.54, 1.807) is 26.4 Å².